The van der Waals surface area contributed by atoms with Gasteiger partial charge in [0.2, 0.25) is 0 Å². The van der Waals surface area contributed by atoms with Gasteiger partial charge in [0.1, 0.15) is 5.76 Å². The third kappa shape index (κ3) is 12.1. The summed E-state index contributed by atoms with van der Waals surface area (Å²) in [5.41, 5.74) is 0. The molecule has 0 aromatic heterocycles. The van der Waals surface area contributed by atoms with Crippen LogP contribution in [-0.4, -0.2) is 0 Å². The van der Waals surface area contributed by atoms with Crippen molar-refractivity contribution < 1.29 is 4.74 Å². The normalized spacial score (nSPS) is 8.18. The van der Waals surface area contributed by atoms with Crippen molar-refractivity contribution in [3.63, 3.8) is 0 Å². The van der Waals surface area contributed by atoms with E-state index in [0.717, 1.165) is 0 Å². The van der Waals surface area contributed by atoms with Crippen LogP contribution in [0.2, 0.25) is 0 Å². The molecular formula is C10H16O. The third-order valence-electron chi connectivity index (χ3n) is 0.658. The molecule has 0 spiro atoms. The minimum atomic E-state index is 0.630. The van der Waals surface area contributed by atoms with Gasteiger partial charge in [0, 0.05) is 0 Å². The Morgan fingerprint density at radius 1 is 1.27 bits per heavy atom. The van der Waals surface area contributed by atoms with Crippen LogP contribution >= 0.6 is 0 Å². The van der Waals surface area contributed by atoms with Gasteiger partial charge in [-0.1, -0.05) is 19.2 Å². The summed E-state index contributed by atoms with van der Waals surface area (Å²) in [7, 11) is 0. The maximum Gasteiger partial charge on any atom is 0.119 e. The lowest BCUT2D eigenvalue weighted by Crippen LogP contribution is -1.81. The highest BCUT2D eigenvalue weighted by atomic mass is 16.5. The Labute approximate surface area is 69.4 Å². The van der Waals surface area contributed by atoms with Crippen molar-refractivity contribution in [2.24, 2.45) is 0 Å². The van der Waals surface area contributed by atoms with Crippen molar-refractivity contribution in [1.82, 2.24) is 0 Å². The molecule has 0 aliphatic carbocycles. The highest BCUT2D eigenvalue weighted by molar-refractivity contribution is 5.08. The predicted octanol–water partition coefficient (Wildman–Crippen LogP) is 3.43. The average Bonchev–Trinajstić information content (AvgIpc) is 1.91. The molecule has 0 atom stereocenters. The van der Waals surface area contributed by atoms with Gasteiger partial charge < -0.3 is 4.74 Å². The van der Waals surface area contributed by atoms with Gasteiger partial charge in [0.05, 0.1) is 5.76 Å². The van der Waals surface area contributed by atoms with Gasteiger partial charge in [-0.2, -0.15) is 0 Å². The smallest absolute Gasteiger partial charge is 0.119 e. The van der Waals surface area contributed by atoms with Crippen molar-refractivity contribution in [3.8, 4) is 0 Å². The lowest BCUT2D eigenvalue weighted by Gasteiger charge is -2.00. The zero-order valence-electron chi connectivity index (χ0n) is 7.39. The summed E-state index contributed by atoms with van der Waals surface area (Å²) in [6.07, 6.45) is 3.65. The van der Waals surface area contributed by atoms with E-state index in [9.17, 15) is 0 Å². The largest absolute Gasteiger partial charge is 0.463 e. The minimum absolute atomic E-state index is 0.630. The van der Waals surface area contributed by atoms with Gasteiger partial charge in [0.25, 0.3) is 0 Å². The molecule has 1 heteroatoms. The van der Waals surface area contributed by atoms with Crippen molar-refractivity contribution in [3.05, 3.63) is 50.0 Å². The fourth-order valence-corrected chi connectivity index (χ4v) is 0.444. The van der Waals surface area contributed by atoms with E-state index in [0.29, 0.717) is 11.5 Å². The van der Waals surface area contributed by atoms with E-state index in [1.807, 2.05) is 13.0 Å². The van der Waals surface area contributed by atoms with Crippen LogP contribution in [0.4, 0.5) is 0 Å². The van der Waals surface area contributed by atoms with Gasteiger partial charge in [-0.15, -0.1) is 13.2 Å². The maximum atomic E-state index is 5.01. The Kier molecular flexibility index (Phi) is 9.90. The summed E-state index contributed by atoms with van der Waals surface area (Å²) < 4.78 is 5.01. The van der Waals surface area contributed by atoms with Crippen LogP contribution in [0.15, 0.2) is 50.0 Å². The summed E-state index contributed by atoms with van der Waals surface area (Å²) in [5.74, 6) is 1.29. The molecule has 0 radical (unpaired) electrons. The number of ether oxygens (including phenoxy) is 1. The predicted molar refractivity (Wildman–Crippen MR) is 51.1 cm³/mol. The molecule has 0 N–H and O–H groups in total. The monoisotopic (exact) mass is 152 g/mol. The van der Waals surface area contributed by atoms with E-state index < -0.39 is 0 Å². The second-order valence-electron chi connectivity index (χ2n) is 1.77. The van der Waals surface area contributed by atoms with Crippen molar-refractivity contribution >= 4 is 0 Å². The molecule has 62 valence electrons. The number of rotatable bonds is 3. The Hall–Kier alpha value is -1.24. The van der Waals surface area contributed by atoms with Crippen LogP contribution in [0.5, 0.6) is 0 Å². The molecule has 1 nitrogen and oxygen atoms in total. The third-order valence-corrected chi connectivity index (χ3v) is 0.658. The summed E-state index contributed by atoms with van der Waals surface area (Å²) in [5, 5.41) is 0. The quantitative estimate of drug-likeness (QED) is 0.342. The highest BCUT2D eigenvalue weighted by Gasteiger charge is 1.85. The molecule has 11 heavy (non-hydrogen) atoms. The maximum absolute atomic E-state index is 5.01. The number of allylic oxidation sites excluding steroid dienone is 3. The van der Waals surface area contributed by atoms with Crippen LogP contribution in [0.25, 0.3) is 0 Å². The summed E-state index contributed by atoms with van der Waals surface area (Å²) >= 11 is 0. The summed E-state index contributed by atoms with van der Waals surface area (Å²) in [4.78, 5) is 0. The van der Waals surface area contributed by atoms with Crippen molar-refractivity contribution in [1.29, 1.82) is 0 Å². The van der Waals surface area contributed by atoms with E-state index in [4.69, 9.17) is 4.74 Å². The van der Waals surface area contributed by atoms with Crippen molar-refractivity contribution in [2.75, 3.05) is 0 Å². The molecule has 0 aromatic carbocycles. The fourth-order valence-electron chi connectivity index (χ4n) is 0.444. The lowest BCUT2D eigenvalue weighted by molar-refractivity contribution is 0.326. The van der Waals surface area contributed by atoms with E-state index in [1.165, 1.54) is 0 Å². The van der Waals surface area contributed by atoms with Gasteiger partial charge in [0.15, 0.2) is 0 Å². The van der Waals surface area contributed by atoms with Crippen molar-refractivity contribution in [2.45, 2.75) is 13.8 Å². The Bertz CT molecular complexity index is 154. The number of hydrogen-bond donors (Lipinski definition) is 0. The molecule has 0 saturated heterocycles. The molecule has 0 unspecified atom stereocenters. The van der Waals surface area contributed by atoms with Gasteiger partial charge in [-0.25, -0.2) is 0 Å². The Morgan fingerprint density at radius 3 is 2.00 bits per heavy atom. The van der Waals surface area contributed by atoms with Crippen LogP contribution in [0.1, 0.15) is 13.8 Å². The number of hydrogen-bond acceptors (Lipinski definition) is 1. The van der Waals surface area contributed by atoms with Crippen LogP contribution < -0.4 is 0 Å². The second-order valence-corrected chi connectivity index (χ2v) is 1.77. The van der Waals surface area contributed by atoms with E-state index in [2.05, 4.69) is 26.3 Å². The molecule has 0 aliphatic rings. The van der Waals surface area contributed by atoms with E-state index in [1.54, 1.807) is 13.0 Å². The second kappa shape index (κ2) is 8.76. The first-order valence-electron chi connectivity index (χ1n) is 3.31. The topological polar surface area (TPSA) is 9.23 Å². The minimum Gasteiger partial charge on any atom is -0.463 e. The molecule has 0 bridgehead atoms. The molecule has 0 saturated carbocycles. The zero-order chi connectivity index (χ0) is 9.28. The first-order chi connectivity index (χ1) is 5.16. The van der Waals surface area contributed by atoms with Gasteiger partial charge in [-0.3, -0.25) is 0 Å². The SMILES string of the molecule is C=C.C=C(C)OC(=C)/C=C\C. The van der Waals surface area contributed by atoms with Crippen LogP contribution in [-0.2, 0) is 4.74 Å². The molecule has 0 aromatic rings. The fraction of sp³-hybridized carbons (Fsp3) is 0.200. The molecule has 0 heterocycles. The molecule has 0 fully saturated rings. The Morgan fingerprint density at radius 2 is 1.73 bits per heavy atom. The first kappa shape index (κ1) is 12.4. The molecular weight excluding hydrogens is 136 g/mol. The van der Waals surface area contributed by atoms with Gasteiger partial charge >= 0.3 is 0 Å². The Balaban J connectivity index is 0. The average molecular weight is 152 g/mol. The van der Waals surface area contributed by atoms with Crippen LogP contribution in [0, 0.1) is 0 Å². The summed E-state index contributed by atoms with van der Waals surface area (Å²) in [6.45, 7) is 16.9. The summed E-state index contributed by atoms with van der Waals surface area (Å²) in [6, 6.07) is 0. The van der Waals surface area contributed by atoms with Crippen LogP contribution in [0.3, 0.4) is 0 Å². The first-order valence-corrected chi connectivity index (χ1v) is 3.31. The molecule has 0 rings (SSSR count). The van der Waals surface area contributed by atoms with E-state index in [-0.39, 0.29) is 0 Å². The lowest BCUT2D eigenvalue weighted by atomic mass is 10.5. The highest BCUT2D eigenvalue weighted by Crippen LogP contribution is 2.01. The zero-order valence-corrected chi connectivity index (χ0v) is 7.39. The molecule has 0 amide bonds. The van der Waals surface area contributed by atoms with E-state index >= 15 is 0 Å². The molecule has 0 aliphatic heterocycles. The standard InChI is InChI=1S/C8H12O.C2H4/c1-5-6-8(4)9-7(2)3;1-2/h5-6H,2,4H2,1,3H3;1-2H2/b6-5-;. The van der Waals surface area contributed by atoms with Gasteiger partial charge in [-0.05, 0) is 19.9 Å².